The summed E-state index contributed by atoms with van der Waals surface area (Å²) in [4.78, 5) is 21.4. The van der Waals surface area contributed by atoms with Crippen LogP contribution < -0.4 is 5.73 Å². The van der Waals surface area contributed by atoms with Crippen LogP contribution in [0.2, 0.25) is 0 Å². The van der Waals surface area contributed by atoms with Crippen molar-refractivity contribution in [2.24, 2.45) is 11.7 Å². The molecule has 1 saturated heterocycles. The minimum absolute atomic E-state index is 0. The summed E-state index contributed by atoms with van der Waals surface area (Å²) in [7, 11) is 0. The number of aryl methyl sites for hydroxylation is 1. The fraction of sp³-hybridized carbons (Fsp3) is 0.733. The SMILES string of the molecule is Cc1nc(CN2CCN(C(=O)[C@H]3CC[C@@H](N)C3)CC2)cs1.Cl.Cl. The molecule has 1 aliphatic heterocycles. The van der Waals surface area contributed by atoms with E-state index < -0.39 is 0 Å². The number of carbonyl (C=O) groups is 1. The van der Waals surface area contributed by atoms with Crippen LogP contribution in [-0.4, -0.2) is 52.9 Å². The first-order chi connectivity index (χ1) is 10.1. The molecule has 1 aliphatic carbocycles. The van der Waals surface area contributed by atoms with Gasteiger partial charge >= 0.3 is 0 Å². The monoisotopic (exact) mass is 380 g/mol. The summed E-state index contributed by atoms with van der Waals surface area (Å²) >= 11 is 1.70. The summed E-state index contributed by atoms with van der Waals surface area (Å²) in [6.45, 7) is 6.52. The van der Waals surface area contributed by atoms with Gasteiger partial charge in [-0.3, -0.25) is 9.69 Å². The van der Waals surface area contributed by atoms with E-state index in [0.29, 0.717) is 5.91 Å². The zero-order valence-electron chi connectivity index (χ0n) is 13.4. The second kappa shape index (κ2) is 9.18. The number of nitrogens with two attached hydrogens (primary N) is 1. The predicted octanol–water partition coefficient (Wildman–Crippen LogP) is 2.07. The molecule has 2 heterocycles. The zero-order chi connectivity index (χ0) is 14.8. The molecule has 2 N–H and O–H groups in total. The van der Waals surface area contributed by atoms with Crippen molar-refractivity contribution in [2.75, 3.05) is 26.2 Å². The van der Waals surface area contributed by atoms with Gasteiger partial charge in [0, 0.05) is 50.1 Å². The van der Waals surface area contributed by atoms with E-state index in [-0.39, 0.29) is 36.8 Å². The number of aromatic nitrogens is 1. The number of hydrogen-bond acceptors (Lipinski definition) is 5. The molecule has 2 atom stereocenters. The van der Waals surface area contributed by atoms with E-state index in [4.69, 9.17) is 5.73 Å². The Morgan fingerprint density at radius 3 is 2.52 bits per heavy atom. The third-order valence-corrected chi connectivity index (χ3v) is 5.38. The summed E-state index contributed by atoms with van der Waals surface area (Å²) in [6, 6.07) is 0.230. The number of piperazine rings is 1. The Morgan fingerprint density at radius 1 is 1.30 bits per heavy atom. The smallest absolute Gasteiger partial charge is 0.225 e. The number of hydrogen-bond donors (Lipinski definition) is 1. The molecule has 8 heteroatoms. The molecule has 1 aromatic heterocycles. The maximum atomic E-state index is 12.5. The van der Waals surface area contributed by atoms with Crippen LogP contribution >= 0.6 is 36.2 Å². The van der Waals surface area contributed by atoms with Crippen LogP contribution in [-0.2, 0) is 11.3 Å². The summed E-state index contributed by atoms with van der Waals surface area (Å²) in [6.07, 6.45) is 2.84. The van der Waals surface area contributed by atoms with Gasteiger partial charge in [-0.1, -0.05) is 0 Å². The second-order valence-electron chi connectivity index (χ2n) is 6.23. The normalized spacial score (nSPS) is 24.9. The Bertz CT molecular complexity index is 505. The van der Waals surface area contributed by atoms with E-state index >= 15 is 0 Å². The fourth-order valence-electron chi connectivity index (χ4n) is 3.34. The van der Waals surface area contributed by atoms with Crippen LogP contribution in [0.1, 0.15) is 30.0 Å². The van der Waals surface area contributed by atoms with Crippen molar-refractivity contribution >= 4 is 42.1 Å². The fourth-order valence-corrected chi connectivity index (χ4v) is 3.94. The molecule has 0 bridgehead atoms. The van der Waals surface area contributed by atoms with Crippen molar-refractivity contribution in [1.82, 2.24) is 14.8 Å². The van der Waals surface area contributed by atoms with Crippen molar-refractivity contribution in [2.45, 2.75) is 38.8 Å². The van der Waals surface area contributed by atoms with Crippen LogP contribution in [0.25, 0.3) is 0 Å². The number of halogens is 2. The highest BCUT2D eigenvalue weighted by molar-refractivity contribution is 7.09. The van der Waals surface area contributed by atoms with Gasteiger partial charge < -0.3 is 10.6 Å². The van der Waals surface area contributed by atoms with Crippen molar-refractivity contribution in [3.8, 4) is 0 Å². The summed E-state index contributed by atoms with van der Waals surface area (Å²) < 4.78 is 0. The molecule has 132 valence electrons. The first-order valence-corrected chi connectivity index (χ1v) is 8.67. The molecule has 0 spiro atoms. The van der Waals surface area contributed by atoms with Crippen molar-refractivity contribution < 1.29 is 4.79 Å². The van der Waals surface area contributed by atoms with E-state index in [1.165, 1.54) is 0 Å². The number of carbonyl (C=O) groups excluding carboxylic acids is 1. The van der Waals surface area contributed by atoms with Gasteiger partial charge in [0.25, 0.3) is 0 Å². The van der Waals surface area contributed by atoms with Crippen molar-refractivity contribution in [3.63, 3.8) is 0 Å². The largest absolute Gasteiger partial charge is 0.340 e. The van der Waals surface area contributed by atoms with Gasteiger partial charge in [0.1, 0.15) is 0 Å². The van der Waals surface area contributed by atoms with E-state index in [0.717, 1.165) is 62.7 Å². The van der Waals surface area contributed by atoms with Crippen LogP contribution in [0.15, 0.2) is 5.38 Å². The summed E-state index contributed by atoms with van der Waals surface area (Å²) in [5, 5.41) is 3.25. The Hall–Kier alpha value is -0.400. The minimum Gasteiger partial charge on any atom is -0.340 e. The molecule has 0 unspecified atom stereocenters. The Morgan fingerprint density at radius 2 is 2.00 bits per heavy atom. The molecule has 0 radical (unpaired) electrons. The number of amides is 1. The van der Waals surface area contributed by atoms with Gasteiger partial charge in [0.15, 0.2) is 0 Å². The molecular weight excluding hydrogens is 355 g/mol. The molecule has 1 saturated carbocycles. The van der Waals surface area contributed by atoms with Crippen LogP contribution in [0.4, 0.5) is 0 Å². The van der Waals surface area contributed by atoms with Crippen molar-refractivity contribution in [3.05, 3.63) is 16.1 Å². The quantitative estimate of drug-likeness (QED) is 0.871. The van der Waals surface area contributed by atoms with Gasteiger partial charge in [-0.25, -0.2) is 4.98 Å². The van der Waals surface area contributed by atoms with Gasteiger partial charge in [-0.05, 0) is 26.2 Å². The minimum atomic E-state index is 0. The molecule has 5 nitrogen and oxygen atoms in total. The summed E-state index contributed by atoms with van der Waals surface area (Å²) in [5.74, 6) is 0.500. The molecule has 2 aliphatic rings. The first kappa shape index (κ1) is 20.6. The lowest BCUT2D eigenvalue weighted by atomic mass is 10.1. The lowest BCUT2D eigenvalue weighted by Crippen LogP contribution is -2.49. The predicted molar refractivity (Wildman–Crippen MR) is 98.5 cm³/mol. The maximum absolute atomic E-state index is 12.5. The lowest BCUT2D eigenvalue weighted by Gasteiger charge is -2.35. The van der Waals surface area contributed by atoms with E-state index in [2.05, 4.69) is 15.3 Å². The second-order valence-corrected chi connectivity index (χ2v) is 7.29. The average Bonchev–Trinajstić information content (AvgIpc) is 3.08. The van der Waals surface area contributed by atoms with Gasteiger partial charge in [0.05, 0.1) is 10.7 Å². The average molecular weight is 381 g/mol. The Labute approximate surface area is 154 Å². The number of nitrogens with zero attached hydrogens (tertiary/aromatic N) is 3. The standard InChI is InChI=1S/C15H24N4OS.2ClH/c1-11-17-14(10-21-11)9-18-4-6-19(7-5-18)15(20)12-2-3-13(16)8-12;;/h10,12-13H,2-9,16H2,1H3;2*1H/t12-,13+;;/m0../s1. The Kier molecular flexibility index (Phi) is 8.24. The molecule has 2 fully saturated rings. The van der Waals surface area contributed by atoms with Crippen LogP contribution in [0, 0.1) is 12.8 Å². The number of rotatable bonds is 3. The summed E-state index contributed by atoms with van der Waals surface area (Å²) in [5.41, 5.74) is 7.07. The highest BCUT2D eigenvalue weighted by Crippen LogP contribution is 2.26. The molecular formula is C15H26Cl2N4OS. The Balaban J connectivity index is 0.00000132. The highest BCUT2D eigenvalue weighted by Gasteiger charge is 2.32. The molecule has 1 amide bonds. The molecule has 23 heavy (non-hydrogen) atoms. The van der Waals surface area contributed by atoms with Crippen LogP contribution in [0.3, 0.4) is 0 Å². The topological polar surface area (TPSA) is 62.5 Å². The number of thiazole rings is 1. The van der Waals surface area contributed by atoms with E-state index in [1.54, 1.807) is 11.3 Å². The third kappa shape index (κ3) is 5.29. The molecule has 0 aromatic carbocycles. The highest BCUT2D eigenvalue weighted by atomic mass is 35.5. The molecule has 1 aromatic rings. The lowest BCUT2D eigenvalue weighted by molar-refractivity contribution is -0.137. The van der Waals surface area contributed by atoms with Gasteiger partial charge in [-0.2, -0.15) is 0 Å². The van der Waals surface area contributed by atoms with Gasteiger partial charge in [0.2, 0.25) is 5.91 Å². The first-order valence-electron chi connectivity index (χ1n) is 7.79. The van der Waals surface area contributed by atoms with E-state index in [1.807, 2.05) is 11.8 Å². The van der Waals surface area contributed by atoms with Crippen LogP contribution in [0.5, 0.6) is 0 Å². The van der Waals surface area contributed by atoms with E-state index in [9.17, 15) is 4.79 Å². The molecule has 3 rings (SSSR count). The van der Waals surface area contributed by atoms with Crippen molar-refractivity contribution in [1.29, 1.82) is 0 Å². The van der Waals surface area contributed by atoms with Gasteiger partial charge in [-0.15, -0.1) is 36.2 Å². The zero-order valence-corrected chi connectivity index (χ0v) is 15.9. The third-order valence-electron chi connectivity index (χ3n) is 4.56. The maximum Gasteiger partial charge on any atom is 0.225 e.